The molecular formula is C8H18N2. The van der Waals surface area contributed by atoms with Crippen molar-refractivity contribution >= 4 is 6.21 Å². The fourth-order valence-electron chi connectivity index (χ4n) is 0.897. The molecule has 2 nitrogen and oxygen atoms in total. The third-order valence-electron chi connectivity index (χ3n) is 1.57. The Labute approximate surface area is 63.7 Å². The molecule has 0 spiro atoms. The lowest BCUT2D eigenvalue weighted by Crippen LogP contribution is -2.26. The van der Waals surface area contributed by atoms with E-state index in [-0.39, 0.29) is 0 Å². The minimum atomic E-state index is 0.477. The Balaban J connectivity index is 3.39. The van der Waals surface area contributed by atoms with E-state index in [9.17, 15) is 0 Å². The van der Waals surface area contributed by atoms with Crippen LogP contribution >= 0.6 is 0 Å². The van der Waals surface area contributed by atoms with Crippen LogP contribution in [0.4, 0.5) is 0 Å². The number of rotatable bonds is 5. The monoisotopic (exact) mass is 142 g/mol. The number of nitrogens with one attached hydrogen (secondary N) is 1. The minimum absolute atomic E-state index is 0.477. The molecule has 0 heterocycles. The van der Waals surface area contributed by atoms with Gasteiger partial charge in [-0.05, 0) is 13.5 Å². The molecule has 0 saturated carbocycles. The highest BCUT2D eigenvalue weighted by atomic mass is 14.9. The van der Waals surface area contributed by atoms with Crippen LogP contribution in [0.15, 0.2) is 4.99 Å². The van der Waals surface area contributed by atoms with Gasteiger partial charge in [-0.2, -0.15) is 0 Å². The van der Waals surface area contributed by atoms with Gasteiger partial charge in [-0.15, -0.1) is 0 Å². The van der Waals surface area contributed by atoms with Gasteiger partial charge in [0.1, 0.15) is 0 Å². The van der Waals surface area contributed by atoms with E-state index in [1.807, 2.05) is 20.3 Å². The summed E-state index contributed by atoms with van der Waals surface area (Å²) in [5.74, 6) is 0. The summed E-state index contributed by atoms with van der Waals surface area (Å²) in [7, 11) is 3.79. The molecule has 0 aromatic carbocycles. The van der Waals surface area contributed by atoms with Crippen molar-refractivity contribution in [3.63, 3.8) is 0 Å². The molecule has 60 valence electrons. The molecule has 1 N–H and O–H groups in total. The molecule has 0 amide bonds. The third kappa shape index (κ3) is 4.50. The highest BCUT2D eigenvalue weighted by Gasteiger charge is 1.98. The minimum Gasteiger partial charge on any atom is -0.312 e. The van der Waals surface area contributed by atoms with Crippen molar-refractivity contribution in [3.8, 4) is 0 Å². The van der Waals surface area contributed by atoms with Crippen molar-refractivity contribution in [1.29, 1.82) is 0 Å². The molecule has 0 aromatic heterocycles. The summed E-state index contributed by atoms with van der Waals surface area (Å²) >= 11 is 0. The largest absolute Gasteiger partial charge is 0.312 e. The predicted octanol–water partition coefficient (Wildman–Crippen LogP) is 1.47. The zero-order valence-corrected chi connectivity index (χ0v) is 7.22. The average molecular weight is 142 g/mol. The summed E-state index contributed by atoms with van der Waals surface area (Å²) < 4.78 is 0. The molecule has 0 aromatic rings. The summed E-state index contributed by atoms with van der Waals surface area (Å²) in [6.07, 6.45) is 5.70. The molecule has 0 aliphatic heterocycles. The molecular weight excluding hydrogens is 124 g/mol. The van der Waals surface area contributed by atoms with E-state index in [1.54, 1.807) is 0 Å². The number of unbranched alkanes of at least 4 members (excludes halogenated alkanes) is 1. The van der Waals surface area contributed by atoms with Crippen LogP contribution in [-0.2, 0) is 0 Å². The summed E-state index contributed by atoms with van der Waals surface area (Å²) in [5.41, 5.74) is 0. The van der Waals surface area contributed by atoms with Crippen LogP contribution in [-0.4, -0.2) is 26.4 Å². The molecule has 0 saturated heterocycles. The van der Waals surface area contributed by atoms with E-state index >= 15 is 0 Å². The van der Waals surface area contributed by atoms with Gasteiger partial charge in [-0.1, -0.05) is 19.8 Å². The number of aliphatic imine (C=N–C) groups is 1. The maximum absolute atomic E-state index is 3.97. The molecule has 0 aliphatic rings. The second-order valence-corrected chi connectivity index (χ2v) is 2.44. The van der Waals surface area contributed by atoms with Gasteiger partial charge in [-0.3, -0.25) is 4.99 Å². The Morgan fingerprint density at radius 2 is 2.30 bits per heavy atom. The van der Waals surface area contributed by atoms with Gasteiger partial charge in [0.05, 0.1) is 0 Å². The van der Waals surface area contributed by atoms with Crippen molar-refractivity contribution < 1.29 is 0 Å². The SMILES string of the molecule is CCCCC(C=NC)NC. The molecule has 10 heavy (non-hydrogen) atoms. The lowest BCUT2D eigenvalue weighted by molar-refractivity contribution is 0.609. The Morgan fingerprint density at radius 3 is 2.70 bits per heavy atom. The molecule has 0 aliphatic carbocycles. The van der Waals surface area contributed by atoms with Crippen molar-refractivity contribution in [3.05, 3.63) is 0 Å². The van der Waals surface area contributed by atoms with Gasteiger partial charge >= 0.3 is 0 Å². The zero-order valence-electron chi connectivity index (χ0n) is 7.22. The molecule has 1 unspecified atom stereocenters. The highest BCUT2D eigenvalue weighted by Crippen LogP contribution is 1.97. The van der Waals surface area contributed by atoms with Crippen molar-refractivity contribution in [2.45, 2.75) is 32.2 Å². The Bertz CT molecular complexity index is 89.3. The summed E-state index contributed by atoms with van der Waals surface area (Å²) in [5, 5.41) is 3.19. The van der Waals surface area contributed by atoms with Crippen molar-refractivity contribution in [2.75, 3.05) is 14.1 Å². The van der Waals surface area contributed by atoms with E-state index in [0.717, 1.165) is 0 Å². The first-order valence-electron chi connectivity index (χ1n) is 3.94. The first kappa shape index (κ1) is 9.63. The molecule has 0 rings (SSSR count). The first-order valence-corrected chi connectivity index (χ1v) is 3.94. The van der Waals surface area contributed by atoms with Crippen LogP contribution in [0.5, 0.6) is 0 Å². The van der Waals surface area contributed by atoms with Crippen molar-refractivity contribution in [1.82, 2.24) is 5.32 Å². The van der Waals surface area contributed by atoms with Gasteiger partial charge < -0.3 is 5.32 Å². The highest BCUT2D eigenvalue weighted by molar-refractivity contribution is 5.63. The molecule has 0 radical (unpaired) electrons. The number of hydrogen-bond acceptors (Lipinski definition) is 2. The zero-order chi connectivity index (χ0) is 7.82. The lowest BCUT2D eigenvalue weighted by atomic mass is 10.1. The average Bonchev–Trinajstić information content (AvgIpc) is 1.98. The van der Waals surface area contributed by atoms with Gasteiger partial charge in [-0.25, -0.2) is 0 Å². The maximum atomic E-state index is 3.97. The van der Waals surface area contributed by atoms with E-state index in [4.69, 9.17) is 0 Å². The molecule has 2 heteroatoms. The standard InChI is InChI=1S/C8H18N2/c1-4-5-6-8(10-3)7-9-2/h7-8,10H,4-6H2,1-3H3. The van der Waals surface area contributed by atoms with Gasteiger partial charge in [0.25, 0.3) is 0 Å². The third-order valence-corrected chi connectivity index (χ3v) is 1.57. The Morgan fingerprint density at radius 1 is 1.60 bits per heavy atom. The summed E-state index contributed by atoms with van der Waals surface area (Å²) in [4.78, 5) is 3.97. The topological polar surface area (TPSA) is 24.4 Å². The molecule has 0 fully saturated rings. The smallest absolute Gasteiger partial charge is 0.0417 e. The quantitative estimate of drug-likeness (QED) is 0.577. The second-order valence-electron chi connectivity index (χ2n) is 2.44. The van der Waals surface area contributed by atoms with E-state index in [0.29, 0.717) is 6.04 Å². The normalized spacial score (nSPS) is 14.3. The Hall–Kier alpha value is -0.370. The molecule has 0 bridgehead atoms. The van der Waals surface area contributed by atoms with Crippen LogP contribution in [0.3, 0.4) is 0 Å². The number of hydrogen-bond donors (Lipinski definition) is 1. The lowest BCUT2D eigenvalue weighted by Gasteiger charge is -2.08. The summed E-state index contributed by atoms with van der Waals surface area (Å²) in [6.45, 7) is 2.20. The summed E-state index contributed by atoms with van der Waals surface area (Å²) in [6, 6.07) is 0.477. The van der Waals surface area contributed by atoms with Crippen LogP contribution in [0.1, 0.15) is 26.2 Å². The molecule has 1 atom stereocenters. The van der Waals surface area contributed by atoms with Crippen LogP contribution in [0, 0.1) is 0 Å². The van der Waals surface area contributed by atoms with Gasteiger partial charge in [0.2, 0.25) is 0 Å². The van der Waals surface area contributed by atoms with E-state index in [2.05, 4.69) is 17.2 Å². The van der Waals surface area contributed by atoms with Crippen LogP contribution in [0.2, 0.25) is 0 Å². The maximum Gasteiger partial charge on any atom is 0.0417 e. The fraction of sp³-hybridized carbons (Fsp3) is 0.875. The fourth-order valence-corrected chi connectivity index (χ4v) is 0.897. The Kier molecular flexibility index (Phi) is 6.50. The van der Waals surface area contributed by atoms with E-state index < -0.39 is 0 Å². The van der Waals surface area contributed by atoms with E-state index in [1.165, 1.54) is 19.3 Å². The first-order chi connectivity index (χ1) is 4.85. The van der Waals surface area contributed by atoms with Crippen molar-refractivity contribution in [2.24, 2.45) is 4.99 Å². The predicted molar refractivity (Wildman–Crippen MR) is 46.8 cm³/mol. The van der Waals surface area contributed by atoms with Crippen LogP contribution < -0.4 is 5.32 Å². The van der Waals surface area contributed by atoms with Gasteiger partial charge in [0, 0.05) is 19.3 Å². The van der Waals surface area contributed by atoms with Crippen LogP contribution in [0.25, 0.3) is 0 Å². The number of nitrogens with zero attached hydrogens (tertiary/aromatic N) is 1. The second kappa shape index (κ2) is 6.75. The van der Waals surface area contributed by atoms with Gasteiger partial charge in [0.15, 0.2) is 0 Å².